The van der Waals surface area contributed by atoms with Crippen molar-refractivity contribution in [2.75, 3.05) is 20.8 Å². The summed E-state index contributed by atoms with van der Waals surface area (Å²) in [6.07, 6.45) is 0.798. The topological polar surface area (TPSA) is 54.3 Å². The van der Waals surface area contributed by atoms with E-state index in [0.717, 1.165) is 30.0 Å². The van der Waals surface area contributed by atoms with Gasteiger partial charge in [0, 0.05) is 6.54 Å². The maximum Gasteiger partial charge on any atom is 0.122 e. The normalized spacial score (nSPS) is 11.6. The summed E-state index contributed by atoms with van der Waals surface area (Å²) < 4.78 is 10.5. The minimum Gasteiger partial charge on any atom is -0.497 e. The minimum atomic E-state index is -0.133. The smallest absolute Gasteiger partial charge is 0.122 e. The van der Waals surface area contributed by atoms with Gasteiger partial charge in [-0.3, -0.25) is 0 Å². The Morgan fingerprint density at radius 1 is 1.35 bits per heavy atom. The van der Waals surface area contributed by atoms with Gasteiger partial charge in [-0.15, -0.1) is 0 Å². The van der Waals surface area contributed by atoms with Gasteiger partial charge in [0.1, 0.15) is 11.5 Å². The van der Waals surface area contributed by atoms with Crippen molar-refractivity contribution in [3.05, 3.63) is 23.8 Å². The number of rotatable bonds is 6. The third-order valence-electron chi connectivity index (χ3n) is 2.53. The molecule has 1 N–H and O–H groups in total. The van der Waals surface area contributed by atoms with Crippen LogP contribution < -0.4 is 14.8 Å². The van der Waals surface area contributed by atoms with Gasteiger partial charge in [-0.2, -0.15) is 5.26 Å². The molecular weight excluding hydrogens is 216 g/mol. The van der Waals surface area contributed by atoms with E-state index in [9.17, 15) is 0 Å². The van der Waals surface area contributed by atoms with Gasteiger partial charge >= 0.3 is 0 Å². The number of hydrogen-bond acceptors (Lipinski definition) is 4. The van der Waals surface area contributed by atoms with Crippen LogP contribution >= 0.6 is 0 Å². The van der Waals surface area contributed by atoms with E-state index in [1.165, 1.54) is 0 Å². The monoisotopic (exact) mass is 234 g/mol. The summed E-state index contributed by atoms with van der Waals surface area (Å²) in [4.78, 5) is 0. The maximum atomic E-state index is 8.66. The summed E-state index contributed by atoms with van der Waals surface area (Å²) in [5, 5.41) is 11.8. The first-order valence-electron chi connectivity index (χ1n) is 5.55. The molecule has 1 atom stereocenters. The average Bonchev–Trinajstić information content (AvgIpc) is 2.38. The highest BCUT2D eigenvalue weighted by atomic mass is 16.5. The quantitative estimate of drug-likeness (QED) is 0.814. The molecule has 1 aromatic rings. The summed E-state index contributed by atoms with van der Waals surface area (Å²) in [5.41, 5.74) is 1.07. The van der Waals surface area contributed by atoms with E-state index in [4.69, 9.17) is 14.7 Å². The Hall–Kier alpha value is -1.73. The molecule has 0 saturated heterocycles. The summed E-state index contributed by atoms with van der Waals surface area (Å²) in [6.45, 7) is 2.57. The van der Waals surface area contributed by atoms with E-state index in [-0.39, 0.29) is 6.04 Å². The SMILES string of the molecule is COc1ccc(OC)c(CCNC(C)C#N)c1. The molecule has 0 radical (unpaired) electrons. The molecule has 0 aliphatic rings. The largest absolute Gasteiger partial charge is 0.497 e. The van der Waals surface area contributed by atoms with Crippen LogP contribution in [0.5, 0.6) is 11.5 Å². The van der Waals surface area contributed by atoms with E-state index in [2.05, 4.69) is 11.4 Å². The van der Waals surface area contributed by atoms with Crippen molar-refractivity contribution in [3.8, 4) is 17.6 Å². The zero-order valence-corrected chi connectivity index (χ0v) is 10.5. The van der Waals surface area contributed by atoms with Gasteiger partial charge in [-0.05, 0) is 37.1 Å². The zero-order valence-electron chi connectivity index (χ0n) is 10.5. The molecule has 0 aromatic heterocycles. The number of methoxy groups -OCH3 is 2. The molecule has 0 aliphatic heterocycles. The second-order valence-electron chi connectivity index (χ2n) is 3.73. The van der Waals surface area contributed by atoms with Crippen LogP contribution in [-0.2, 0) is 6.42 Å². The van der Waals surface area contributed by atoms with Crippen molar-refractivity contribution in [1.29, 1.82) is 5.26 Å². The molecule has 1 aromatic carbocycles. The third kappa shape index (κ3) is 3.97. The fourth-order valence-corrected chi connectivity index (χ4v) is 1.55. The van der Waals surface area contributed by atoms with E-state index in [0.29, 0.717) is 0 Å². The van der Waals surface area contributed by atoms with Gasteiger partial charge < -0.3 is 14.8 Å². The fraction of sp³-hybridized carbons (Fsp3) is 0.462. The second kappa shape index (κ2) is 6.77. The van der Waals surface area contributed by atoms with Crippen LogP contribution in [0.1, 0.15) is 12.5 Å². The number of ether oxygens (including phenoxy) is 2. The van der Waals surface area contributed by atoms with Crippen molar-refractivity contribution in [2.24, 2.45) is 0 Å². The highest BCUT2D eigenvalue weighted by Gasteiger charge is 2.05. The minimum absolute atomic E-state index is 0.133. The lowest BCUT2D eigenvalue weighted by Gasteiger charge is -2.11. The summed E-state index contributed by atoms with van der Waals surface area (Å²) in [7, 11) is 3.29. The predicted octanol–water partition coefficient (Wildman–Crippen LogP) is 1.75. The van der Waals surface area contributed by atoms with Crippen LogP contribution in [-0.4, -0.2) is 26.8 Å². The molecule has 0 spiro atoms. The first-order valence-corrected chi connectivity index (χ1v) is 5.55. The number of nitriles is 1. The Balaban J connectivity index is 2.65. The van der Waals surface area contributed by atoms with Crippen LogP contribution in [0.2, 0.25) is 0 Å². The molecule has 0 amide bonds. The molecule has 1 rings (SSSR count). The molecule has 0 bridgehead atoms. The van der Waals surface area contributed by atoms with Crippen molar-refractivity contribution in [1.82, 2.24) is 5.32 Å². The van der Waals surface area contributed by atoms with E-state index in [1.807, 2.05) is 25.1 Å². The van der Waals surface area contributed by atoms with Crippen LogP contribution in [0.15, 0.2) is 18.2 Å². The van der Waals surface area contributed by atoms with E-state index < -0.39 is 0 Å². The molecular formula is C13H18N2O2. The average molecular weight is 234 g/mol. The highest BCUT2D eigenvalue weighted by Crippen LogP contribution is 2.24. The molecule has 17 heavy (non-hydrogen) atoms. The molecule has 0 saturated carbocycles. The Labute approximate surface area is 102 Å². The molecule has 4 nitrogen and oxygen atoms in total. The first kappa shape index (κ1) is 13.3. The summed E-state index contributed by atoms with van der Waals surface area (Å²) in [6, 6.07) is 7.72. The molecule has 1 unspecified atom stereocenters. The lowest BCUT2D eigenvalue weighted by Crippen LogP contribution is -2.26. The Morgan fingerprint density at radius 3 is 2.71 bits per heavy atom. The number of hydrogen-bond donors (Lipinski definition) is 1. The lowest BCUT2D eigenvalue weighted by molar-refractivity contribution is 0.398. The van der Waals surface area contributed by atoms with Gasteiger partial charge in [-0.25, -0.2) is 0 Å². The molecule has 92 valence electrons. The van der Waals surface area contributed by atoms with Crippen molar-refractivity contribution in [2.45, 2.75) is 19.4 Å². The number of benzene rings is 1. The van der Waals surface area contributed by atoms with E-state index >= 15 is 0 Å². The van der Waals surface area contributed by atoms with Gasteiger partial charge in [0.2, 0.25) is 0 Å². The molecule has 0 heterocycles. The number of nitrogens with one attached hydrogen (secondary N) is 1. The van der Waals surface area contributed by atoms with Crippen molar-refractivity contribution >= 4 is 0 Å². The zero-order chi connectivity index (χ0) is 12.7. The standard InChI is InChI=1S/C13H18N2O2/c1-10(9-14)15-7-6-11-8-12(16-2)4-5-13(11)17-3/h4-5,8,10,15H,6-7H2,1-3H3. The first-order chi connectivity index (χ1) is 8.21. The maximum absolute atomic E-state index is 8.66. The Kier molecular flexibility index (Phi) is 5.31. The Morgan fingerprint density at radius 2 is 2.12 bits per heavy atom. The Bertz CT molecular complexity index is 399. The molecule has 0 fully saturated rings. The van der Waals surface area contributed by atoms with Gasteiger partial charge in [0.25, 0.3) is 0 Å². The van der Waals surface area contributed by atoms with Crippen LogP contribution in [0, 0.1) is 11.3 Å². The van der Waals surface area contributed by atoms with Crippen molar-refractivity contribution in [3.63, 3.8) is 0 Å². The summed E-state index contributed by atoms with van der Waals surface area (Å²) >= 11 is 0. The van der Waals surface area contributed by atoms with Gasteiger partial charge in [0.15, 0.2) is 0 Å². The van der Waals surface area contributed by atoms with Crippen molar-refractivity contribution < 1.29 is 9.47 Å². The predicted molar refractivity (Wildman–Crippen MR) is 66.3 cm³/mol. The van der Waals surface area contributed by atoms with Crippen LogP contribution in [0.25, 0.3) is 0 Å². The second-order valence-corrected chi connectivity index (χ2v) is 3.73. The fourth-order valence-electron chi connectivity index (χ4n) is 1.55. The lowest BCUT2D eigenvalue weighted by atomic mass is 10.1. The summed E-state index contributed by atoms with van der Waals surface area (Å²) in [5.74, 6) is 1.66. The highest BCUT2D eigenvalue weighted by molar-refractivity contribution is 5.40. The van der Waals surface area contributed by atoms with E-state index in [1.54, 1.807) is 14.2 Å². The molecule has 4 heteroatoms. The molecule has 0 aliphatic carbocycles. The van der Waals surface area contributed by atoms with Gasteiger partial charge in [-0.1, -0.05) is 0 Å². The van der Waals surface area contributed by atoms with Crippen LogP contribution in [0.3, 0.4) is 0 Å². The third-order valence-corrected chi connectivity index (χ3v) is 2.53. The van der Waals surface area contributed by atoms with Crippen LogP contribution in [0.4, 0.5) is 0 Å². The van der Waals surface area contributed by atoms with Gasteiger partial charge in [0.05, 0.1) is 26.3 Å². The number of nitrogens with zero attached hydrogens (tertiary/aromatic N) is 1.